The van der Waals surface area contributed by atoms with E-state index in [1.807, 2.05) is 37.5 Å². The standard InChI is InChI=1S/C13H14ClN3S/c1-17-7-3-6-12(17)9-18-13(15)16-11-5-2-4-10(14)8-11/h2-8H,9H2,1H3,(H2,15,16). The fourth-order valence-electron chi connectivity index (χ4n) is 1.53. The highest BCUT2D eigenvalue weighted by Crippen LogP contribution is 2.18. The van der Waals surface area contributed by atoms with Gasteiger partial charge in [-0.05, 0) is 30.3 Å². The van der Waals surface area contributed by atoms with Crippen molar-refractivity contribution < 1.29 is 0 Å². The molecule has 2 rings (SSSR count). The van der Waals surface area contributed by atoms with E-state index in [1.165, 1.54) is 17.5 Å². The second-order valence-electron chi connectivity index (χ2n) is 3.86. The molecule has 0 unspecified atom stereocenters. The minimum absolute atomic E-state index is 0.415. The van der Waals surface area contributed by atoms with E-state index in [1.54, 1.807) is 6.07 Å². The molecular formula is C13H14ClN3S. The first-order valence-corrected chi connectivity index (χ1v) is 6.85. The third kappa shape index (κ3) is 3.55. The molecule has 0 aliphatic carbocycles. The van der Waals surface area contributed by atoms with Crippen molar-refractivity contribution in [2.75, 3.05) is 5.32 Å². The monoisotopic (exact) mass is 279 g/mol. The van der Waals surface area contributed by atoms with Gasteiger partial charge in [-0.15, -0.1) is 0 Å². The van der Waals surface area contributed by atoms with E-state index in [0.29, 0.717) is 10.2 Å². The van der Waals surface area contributed by atoms with Gasteiger partial charge >= 0.3 is 0 Å². The minimum Gasteiger partial charge on any atom is -0.354 e. The van der Waals surface area contributed by atoms with E-state index in [2.05, 4.69) is 16.0 Å². The average molecular weight is 280 g/mol. The summed E-state index contributed by atoms with van der Waals surface area (Å²) in [6.45, 7) is 0. The first-order valence-electron chi connectivity index (χ1n) is 5.49. The zero-order valence-electron chi connectivity index (χ0n) is 9.98. The van der Waals surface area contributed by atoms with Crippen molar-refractivity contribution in [1.29, 1.82) is 5.41 Å². The number of nitrogens with one attached hydrogen (secondary N) is 2. The molecular weight excluding hydrogens is 266 g/mol. The molecule has 0 aliphatic heterocycles. The number of amidine groups is 1. The third-order valence-electron chi connectivity index (χ3n) is 2.50. The Morgan fingerprint density at radius 2 is 2.22 bits per heavy atom. The molecule has 2 N–H and O–H groups in total. The van der Waals surface area contributed by atoms with E-state index in [9.17, 15) is 0 Å². The summed E-state index contributed by atoms with van der Waals surface area (Å²) >= 11 is 7.34. The van der Waals surface area contributed by atoms with Crippen LogP contribution in [0, 0.1) is 5.41 Å². The van der Waals surface area contributed by atoms with Crippen LogP contribution < -0.4 is 5.32 Å². The number of nitrogens with zero attached hydrogens (tertiary/aromatic N) is 1. The van der Waals surface area contributed by atoms with Crippen LogP contribution in [-0.4, -0.2) is 9.73 Å². The van der Waals surface area contributed by atoms with Crippen LogP contribution in [0.2, 0.25) is 5.02 Å². The SMILES string of the molecule is Cn1cccc1CSC(=N)Nc1cccc(Cl)c1. The summed E-state index contributed by atoms with van der Waals surface area (Å²) in [6, 6.07) is 11.4. The Balaban J connectivity index is 1.88. The fourth-order valence-corrected chi connectivity index (χ4v) is 2.50. The van der Waals surface area contributed by atoms with Crippen LogP contribution >= 0.6 is 23.4 Å². The van der Waals surface area contributed by atoms with Crippen molar-refractivity contribution in [3.63, 3.8) is 0 Å². The molecule has 0 radical (unpaired) electrons. The molecule has 0 amide bonds. The second kappa shape index (κ2) is 5.98. The van der Waals surface area contributed by atoms with Gasteiger partial charge in [0.15, 0.2) is 5.17 Å². The van der Waals surface area contributed by atoms with Crippen molar-refractivity contribution in [3.8, 4) is 0 Å². The van der Waals surface area contributed by atoms with E-state index < -0.39 is 0 Å². The van der Waals surface area contributed by atoms with Crippen LogP contribution in [0.1, 0.15) is 5.69 Å². The highest BCUT2D eigenvalue weighted by Gasteiger charge is 2.02. The molecule has 0 atom stereocenters. The van der Waals surface area contributed by atoms with Crippen molar-refractivity contribution in [2.45, 2.75) is 5.75 Å². The molecule has 3 nitrogen and oxygen atoms in total. The predicted octanol–water partition coefficient (Wildman–Crippen LogP) is 3.96. The summed E-state index contributed by atoms with van der Waals surface area (Å²) in [5.41, 5.74) is 2.03. The lowest BCUT2D eigenvalue weighted by Gasteiger charge is -2.08. The summed E-state index contributed by atoms with van der Waals surface area (Å²) in [5, 5.41) is 12.0. The number of halogens is 1. The zero-order chi connectivity index (χ0) is 13.0. The normalized spacial score (nSPS) is 10.3. The van der Waals surface area contributed by atoms with Gasteiger partial charge in [-0.1, -0.05) is 29.4 Å². The van der Waals surface area contributed by atoms with E-state index >= 15 is 0 Å². The number of anilines is 1. The maximum absolute atomic E-state index is 7.87. The molecule has 1 aromatic carbocycles. The number of aromatic nitrogens is 1. The highest BCUT2D eigenvalue weighted by molar-refractivity contribution is 8.13. The summed E-state index contributed by atoms with van der Waals surface area (Å²) < 4.78 is 2.06. The molecule has 5 heteroatoms. The van der Waals surface area contributed by atoms with Gasteiger partial charge in [0.2, 0.25) is 0 Å². The lowest BCUT2D eigenvalue weighted by atomic mass is 10.3. The summed E-state index contributed by atoms with van der Waals surface area (Å²) in [7, 11) is 2.00. The number of hydrogen-bond acceptors (Lipinski definition) is 2. The Hall–Kier alpha value is -1.39. The fraction of sp³-hybridized carbons (Fsp3) is 0.154. The van der Waals surface area contributed by atoms with E-state index in [0.717, 1.165) is 11.4 Å². The molecule has 0 bridgehead atoms. The van der Waals surface area contributed by atoms with Crippen LogP contribution in [0.4, 0.5) is 5.69 Å². The highest BCUT2D eigenvalue weighted by atomic mass is 35.5. The molecule has 94 valence electrons. The Labute approximate surface area is 116 Å². The average Bonchev–Trinajstić information content (AvgIpc) is 2.72. The largest absolute Gasteiger partial charge is 0.354 e. The Morgan fingerprint density at radius 3 is 2.89 bits per heavy atom. The lowest BCUT2D eigenvalue weighted by Crippen LogP contribution is -2.06. The maximum atomic E-state index is 7.87. The predicted molar refractivity (Wildman–Crippen MR) is 79.5 cm³/mol. The van der Waals surface area contributed by atoms with Crippen molar-refractivity contribution in [3.05, 3.63) is 53.3 Å². The molecule has 0 saturated heterocycles. The number of aryl methyl sites for hydroxylation is 1. The summed E-state index contributed by atoms with van der Waals surface area (Å²) in [4.78, 5) is 0. The minimum atomic E-state index is 0.415. The second-order valence-corrected chi connectivity index (χ2v) is 5.29. The van der Waals surface area contributed by atoms with Crippen LogP contribution in [0.3, 0.4) is 0 Å². The van der Waals surface area contributed by atoms with Gasteiger partial charge < -0.3 is 9.88 Å². The lowest BCUT2D eigenvalue weighted by molar-refractivity contribution is 0.876. The number of thioether (sulfide) groups is 1. The zero-order valence-corrected chi connectivity index (χ0v) is 11.6. The van der Waals surface area contributed by atoms with Crippen molar-refractivity contribution in [2.24, 2.45) is 7.05 Å². The molecule has 0 aliphatic rings. The molecule has 0 saturated carbocycles. The molecule has 2 aromatic rings. The van der Waals surface area contributed by atoms with Gasteiger partial charge in [-0.3, -0.25) is 5.41 Å². The van der Waals surface area contributed by atoms with Crippen LogP contribution in [0.15, 0.2) is 42.6 Å². The first-order chi connectivity index (χ1) is 8.65. The van der Waals surface area contributed by atoms with Crippen molar-refractivity contribution >= 4 is 34.2 Å². The van der Waals surface area contributed by atoms with Gasteiger partial charge in [-0.2, -0.15) is 0 Å². The number of benzene rings is 1. The number of hydrogen-bond donors (Lipinski definition) is 2. The Bertz CT molecular complexity index is 551. The molecule has 1 aromatic heterocycles. The summed E-state index contributed by atoms with van der Waals surface area (Å²) in [6.07, 6.45) is 2.00. The van der Waals surface area contributed by atoms with Gasteiger partial charge in [-0.25, -0.2) is 0 Å². The maximum Gasteiger partial charge on any atom is 0.158 e. The van der Waals surface area contributed by atoms with Gasteiger partial charge in [0, 0.05) is 35.4 Å². The Morgan fingerprint density at radius 1 is 1.39 bits per heavy atom. The van der Waals surface area contributed by atoms with E-state index in [4.69, 9.17) is 17.0 Å². The molecule has 1 heterocycles. The molecule has 0 spiro atoms. The number of rotatable bonds is 3. The van der Waals surface area contributed by atoms with Crippen LogP contribution in [-0.2, 0) is 12.8 Å². The summed E-state index contributed by atoms with van der Waals surface area (Å²) in [5.74, 6) is 0.774. The first kappa shape index (κ1) is 13.1. The van der Waals surface area contributed by atoms with E-state index in [-0.39, 0.29) is 0 Å². The topological polar surface area (TPSA) is 40.8 Å². The van der Waals surface area contributed by atoms with Gasteiger partial charge in [0.1, 0.15) is 0 Å². The van der Waals surface area contributed by atoms with Gasteiger partial charge in [0.25, 0.3) is 0 Å². The molecule has 18 heavy (non-hydrogen) atoms. The molecule has 0 fully saturated rings. The third-order valence-corrected chi connectivity index (χ3v) is 3.56. The van der Waals surface area contributed by atoms with Crippen LogP contribution in [0.25, 0.3) is 0 Å². The quantitative estimate of drug-likeness (QED) is 0.659. The van der Waals surface area contributed by atoms with Crippen molar-refractivity contribution in [1.82, 2.24) is 4.57 Å². The van der Waals surface area contributed by atoms with Crippen LogP contribution in [0.5, 0.6) is 0 Å². The van der Waals surface area contributed by atoms with Gasteiger partial charge in [0.05, 0.1) is 0 Å². The Kier molecular flexibility index (Phi) is 4.33. The smallest absolute Gasteiger partial charge is 0.158 e.